The van der Waals surface area contributed by atoms with Gasteiger partial charge in [-0.15, -0.1) is 0 Å². The molecule has 0 saturated carbocycles. The first-order valence-corrected chi connectivity index (χ1v) is 4.42. The number of aliphatic carboxylic acids is 2. The Kier molecular flexibility index (Phi) is 12.0. The maximum absolute atomic E-state index is 10.1. The van der Waals surface area contributed by atoms with E-state index in [0.717, 1.165) is 6.92 Å². The Bertz CT molecular complexity index is 210. The molecule has 0 bridgehead atoms. The Hall–Kier alpha value is -0.850. The summed E-state index contributed by atoms with van der Waals surface area (Å²) < 4.78 is 0.578. The van der Waals surface area contributed by atoms with Gasteiger partial charge in [0.05, 0.1) is 27.6 Å². The number of carboxylic acids is 2. The zero-order valence-corrected chi connectivity index (χ0v) is 10.7. The van der Waals surface area contributed by atoms with Crippen LogP contribution in [0.4, 0.5) is 0 Å². The Morgan fingerprint density at radius 3 is 1.81 bits per heavy atom. The normalized spacial score (nSPS) is 11.6. The van der Waals surface area contributed by atoms with E-state index < -0.39 is 18.0 Å². The van der Waals surface area contributed by atoms with Crippen LogP contribution in [0.1, 0.15) is 13.3 Å². The second-order valence-corrected chi connectivity index (χ2v) is 4.22. The predicted molar refractivity (Wildman–Crippen MR) is 51.8 cm³/mol. The van der Waals surface area contributed by atoms with E-state index in [2.05, 4.69) is 0 Å². The van der Waals surface area contributed by atoms with E-state index in [1.54, 1.807) is 0 Å². The van der Waals surface area contributed by atoms with Crippen molar-refractivity contribution in [2.24, 2.45) is 0 Å². The van der Waals surface area contributed by atoms with Crippen LogP contribution < -0.4 is 17.5 Å². The van der Waals surface area contributed by atoms with Crippen molar-refractivity contribution in [3.63, 3.8) is 0 Å². The first-order valence-electron chi connectivity index (χ1n) is 4.42. The van der Waals surface area contributed by atoms with E-state index in [0.29, 0.717) is 11.0 Å². The largest absolute Gasteiger partial charge is 1.00 e. The summed E-state index contributed by atoms with van der Waals surface area (Å²) >= 11 is 0. The number of nitrogens with zero attached hydrogens (tertiary/aromatic N) is 1. The van der Waals surface area contributed by atoms with Gasteiger partial charge < -0.3 is 37.0 Å². The molecular formula is C9H19ClNO5-. The molecule has 1 unspecified atom stereocenters. The van der Waals surface area contributed by atoms with Gasteiger partial charge in [0.15, 0.2) is 0 Å². The van der Waals surface area contributed by atoms with Crippen LogP contribution in [0.15, 0.2) is 0 Å². The maximum Gasteiger partial charge on any atom is 0.306 e. The van der Waals surface area contributed by atoms with Crippen molar-refractivity contribution < 1.29 is 41.8 Å². The summed E-state index contributed by atoms with van der Waals surface area (Å²) in [5.74, 6) is -2.04. The summed E-state index contributed by atoms with van der Waals surface area (Å²) in [4.78, 5) is 19.0. The lowest BCUT2D eigenvalue weighted by Gasteiger charge is -2.25. The zero-order valence-electron chi connectivity index (χ0n) is 9.94. The molecule has 0 aromatic heterocycles. The molecule has 0 amide bonds. The van der Waals surface area contributed by atoms with E-state index >= 15 is 0 Å². The lowest BCUT2D eigenvalue weighted by molar-refractivity contribution is -0.873. The monoisotopic (exact) mass is 256 g/mol. The van der Waals surface area contributed by atoms with Crippen molar-refractivity contribution in [2.45, 2.75) is 19.4 Å². The highest BCUT2D eigenvalue weighted by atomic mass is 35.5. The number of quaternary nitrogens is 1. The summed E-state index contributed by atoms with van der Waals surface area (Å²) in [6, 6.07) is 0. The number of halogens is 1. The third-order valence-electron chi connectivity index (χ3n) is 1.17. The average molecular weight is 257 g/mol. The van der Waals surface area contributed by atoms with Gasteiger partial charge in [-0.25, -0.2) is 0 Å². The lowest BCUT2D eigenvalue weighted by atomic mass is 10.2. The number of carbonyl (C=O) groups excluding carboxylic acids is 1. The molecule has 98 valence electrons. The first-order chi connectivity index (χ1) is 6.54. The van der Waals surface area contributed by atoms with Gasteiger partial charge in [0.2, 0.25) is 0 Å². The van der Waals surface area contributed by atoms with Gasteiger partial charge in [-0.1, -0.05) is 0 Å². The highest BCUT2D eigenvalue weighted by molar-refractivity contribution is 5.67. The molecule has 0 fully saturated rings. The Labute approximate surface area is 101 Å². The molecule has 16 heavy (non-hydrogen) atoms. The highest BCUT2D eigenvalue weighted by Gasteiger charge is 2.17. The molecule has 0 spiro atoms. The number of aliphatic hydroxyl groups excluding tert-OH is 1. The van der Waals surface area contributed by atoms with Gasteiger partial charge in [-0.3, -0.25) is 4.79 Å². The van der Waals surface area contributed by atoms with Crippen LogP contribution in [0.25, 0.3) is 0 Å². The molecule has 0 aromatic rings. The van der Waals surface area contributed by atoms with E-state index in [1.165, 1.54) is 0 Å². The number of hydrogen-bond donors (Lipinski definition) is 2. The van der Waals surface area contributed by atoms with E-state index in [1.807, 2.05) is 21.1 Å². The van der Waals surface area contributed by atoms with Crippen LogP contribution in [-0.4, -0.2) is 60.4 Å². The fourth-order valence-electron chi connectivity index (χ4n) is 0.898. The molecule has 0 radical (unpaired) electrons. The molecule has 1 atom stereocenters. The standard InChI is InChI=1S/C7H15NO3.C2H4O2.ClH/c1-8(2,3)5-6(9)4-7(10)11;1-2(3)4;/h6,9H,4-5H2,1-3H3;1H3,(H,3,4);1H/p-1. The second-order valence-electron chi connectivity index (χ2n) is 4.22. The van der Waals surface area contributed by atoms with Gasteiger partial charge in [0.1, 0.15) is 12.6 Å². The van der Waals surface area contributed by atoms with Crippen molar-refractivity contribution in [3.05, 3.63) is 0 Å². The highest BCUT2D eigenvalue weighted by Crippen LogP contribution is 1.98. The number of carbonyl (C=O) groups is 2. The quantitative estimate of drug-likeness (QED) is 0.493. The summed E-state index contributed by atoms with van der Waals surface area (Å²) in [5.41, 5.74) is 0. The minimum absolute atomic E-state index is 0. The first kappa shape index (κ1) is 20.5. The van der Waals surface area contributed by atoms with Crippen molar-refractivity contribution in [2.75, 3.05) is 27.7 Å². The van der Waals surface area contributed by atoms with Gasteiger partial charge in [-0.05, 0) is 6.92 Å². The van der Waals surface area contributed by atoms with Crippen LogP contribution in [0.3, 0.4) is 0 Å². The smallest absolute Gasteiger partial charge is 0.306 e. The minimum atomic E-state index is -1.08. The van der Waals surface area contributed by atoms with Crippen molar-refractivity contribution in [3.8, 4) is 0 Å². The minimum Gasteiger partial charge on any atom is -1.00 e. The zero-order chi connectivity index (χ0) is 12.6. The average Bonchev–Trinajstić information content (AvgIpc) is 1.76. The fraction of sp³-hybridized carbons (Fsp3) is 0.778. The van der Waals surface area contributed by atoms with Crippen LogP contribution in [0.2, 0.25) is 0 Å². The molecule has 0 heterocycles. The van der Waals surface area contributed by atoms with Gasteiger partial charge in [0.25, 0.3) is 0 Å². The van der Waals surface area contributed by atoms with Crippen LogP contribution >= 0.6 is 0 Å². The number of carboxylic acid groups (broad SMARTS) is 2. The number of hydrogen-bond acceptors (Lipinski definition) is 4. The van der Waals surface area contributed by atoms with Crippen LogP contribution in [0.5, 0.6) is 0 Å². The number of rotatable bonds is 4. The Morgan fingerprint density at radius 2 is 1.62 bits per heavy atom. The molecule has 0 saturated heterocycles. The Morgan fingerprint density at radius 1 is 1.31 bits per heavy atom. The maximum atomic E-state index is 10.1. The summed E-state index contributed by atoms with van der Waals surface area (Å²) in [6.07, 6.45) is -0.914. The molecule has 0 rings (SSSR count). The summed E-state index contributed by atoms with van der Waals surface area (Å²) in [5, 5.41) is 26.4. The molecule has 2 N–H and O–H groups in total. The van der Waals surface area contributed by atoms with E-state index in [9.17, 15) is 4.79 Å². The van der Waals surface area contributed by atoms with E-state index in [4.69, 9.17) is 20.1 Å². The summed E-state index contributed by atoms with van der Waals surface area (Å²) in [7, 11) is 5.72. The van der Waals surface area contributed by atoms with Crippen LogP contribution in [0, 0.1) is 0 Å². The molecule has 7 heteroatoms. The molecule has 0 aliphatic rings. The number of aliphatic hydroxyl groups is 1. The number of likely N-dealkylation sites (N-methyl/N-ethyl adjacent to an activating group) is 1. The Balaban J connectivity index is -0.000000292. The third kappa shape index (κ3) is 29.2. The molecule has 0 aromatic carbocycles. The summed E-state index contributed by atoms with van der Waals surface area (Å²) in [6.45, 7) is 1.44. The lowest BCUT2D eigenvalue weighted by Crippen LogP contribution is -3.00. The van der Waals surface area contributed by atoms with Crippen molar-refractivity contribution in [1.82, 2.24) is 0 Å². The molecule has 0 aliphatic heterocycles. The SMILES string of the molecule is CC(=O)[O-].C[N+](C)(C)CC(O)CC(=O)O.[Cl-]. The van der Waals surface area contributed by atoms with Crippen molar-refractivity contribution in [1.29, 1.82) is 0 Å². The molecular weight excluding hydrogens is 238 g/mol. The van der Waals surface area contributed by atoms with E-state index in [-0.39, 0.29) is 18.8 Å². The van der Waals surface area contributed by atoms with Gasteiger partial charge in [0, 0.05) is 5.97 Å². The molecule has 0 aliphatic carbocycles. The predicted octanol–water partition coefficient (Wildman–Crippen LogP) is -4.71. The van der Waals surface area contributed by atoms with Crippen LogP contribution in [-0.2, 0) is 9.59 Å². The third-order valence-corrected chi connectivity index (χ3v) is 1.17. The second kappa shape index (κ2) is 9.38. The fourth-order valence-corrected chi connectivity index (χ4v) is 0.898. The van der Waals surface area contributed by atoms with Crippen molar-refractivity contribution >= 4 is 11.9 Å². The van der Waals surface area contributed by atoms with Gasteiger partial charge in [-0.2, -0.15) is 0 Å². The van der Waals surface area contributed by atoms with Gasteiger partial charge >= 0.3 is 5.97 Å². The topological polar surface area (TPSA) is 97.7 Å². The molecule has 6 nitrogen and oxygen atoms in total.